The van der Waals surface area contributed by atoms with E-state index in [1.54, 1.807) is 40.2 Å². The first-order chi connectivity index (χ1) is 11.6. The van der Waals surface area contributed by atoms with E-state index >= 15 is 0 Å². The predicted octanol–water partition coefficient (Wildman–Crippen LogP) is 1.44. The van der Waals surface area contributed by atoms with E-state index in [4.69, 9.17) is 0 Å². The highest BCUT2D eigenvalue weighted by Crippen LogP contribution is 2.16. The second-order valence-corrected chi connectivity index (χ2v) is 5.82. The van der Waals surface area contributed by atoms with Crippen LogP contribution in [-0.4, -0.2) is 45.6 Å². The molecule has 1 aromatic carbocycles. The normalized spacial score (nSPS) is 15.3. The number of piperidine rings is 1. The molecule has 0 atom stereocenters. The maximum atomic E-state index is 13.7. The number of aromatic nitrogens is 2. The molecule has 1 aliphatic heterocycles. The third kappa shape index (κ3) is 3.79. The lowest BCUT2D eigenvalue weighted by Gasteiger charge is -2.32. The van der Waals surface area contributed by atoms with Gasteiger partial charge in [-0.25, -0.2) is 4.39 Å². The zero-order chi connectivity index (χ0) is 16.9. The molecule has 3 rings (SSSR count). The van der Waals surface area contributed by atoms with Crippen molar-refractivity contribution in [3.05, 3.63) is 54.1 Å². The molecule has 1 fully saturated rings. The Morgan fingerprint density at radius 2 is 1.96 bits per heavy atom. The lowest BCUT2D eigenvalue weighted by molar-refractivity contribution is -0.122. The van der Waals surface area contributed by atoms with Gasteiger partial charge in [0.1, 0.15) is 12.4 Å². The van der Waals surface area contributed by atoms with Gasteiger partial charge in [0.05, 0.1) is 5.56 Å². The predicted molar refractivity (Wildman–Crippen MR) is 85.7 cm³/mol. The summed E-state index contributed by atoms with van der Waals surface area (Å²) >= 11 is 0. The topological polar surface area (TPSA) is 67.2 Å². The summed E-state index contributed by atoms with van der Waals surface area (Å²) in [6.07, 6.45) is 4.67. The Hall–Kier alpha value is -2.70. The summed E-state index contributed by atoms with van der Waals surface area (Å²) in [5.74, 6) is -0.899. The minimum atomic E-state index is -0.503. The number of carbonyl (C=O) groups is 2. The molecule has 1 aromatic heterocycles. The number of halogens is 1. The fraction of sp³-hybridized carbons (Fsp3) is 0.353. The molecule has 2 amide bonds. The Kier molecular flexibility index (Phi) is 4.88. The van der Waals surface area contributed by atoms with Crippen LogP contribution in [0.4, 0.5) is 4.39 Å². The van der Waals surface area contributed by atoms with Gasteiger partial charge < -0.3 is 10.2 Å². The van der Waals surface area contributed by atoms with Crippen LogP contribution in [0.15, 0.2) is 42.7 Å². The van der Waals surface area contributed by atoms with Crippen molar-refractivity contribution in [3.63, 3.8) is 0 Å². The number of benzene rings is 1. The minimum absolute atomic E-state index is 0.0257. The minimum Gasteiger partial charge on any atom is -0.352 e. The Labute approximate surface area is 139 Å². The molecule has 0 saturated carbocycles. The van der Waals surface area contributed by atoms with Crippen LogP contribution in [0.2, 0.25) is 0 Å². The Balaban J connectivity index is 1.50. The molecular formula is C17H19FN4O2. The number of carbonyl (C=O) groups excluding carboxylic acids is 2. The molecule has 0 unspecified atom stereocenters. The fourth-order valence-corrected chi connectivity index (χ4v) is 2.85. The Morgan fingerprint density at radius 3 is 2.62 bits per heavy atom. The summed E-state index contributed by atoms with van der Waals surface area (Å²) < 4.78 is 15.3. The van der Waals surface area contributed by atoms with Crippen LogP contribution < -0.4 is 5.32 Å². The van der Waals surface area contributed by atoms with Crippen molar-refractivity contribution in [2.45, 2.75) is 25.4 Å². The van der Waals surface area contributed by atoms with Crippen molar-refractivity contribution >= 4 is 11.8 Å². The summed E-state index contributed by atoms with van der Waals surface area (Å²) in [5.41, 5.74) is 0.0960. The van der Waals surface area contributed by atoms with Crippen molar-refractivity contribution in [3.8, 4) is 0 Å². The number of likely N-dealkylation sites (tertiary alicyclic amines) is 1. The molecular weight excluding hydrogens is 311 g/mol. The van der Waals surface area contributed by atoms with E-state index in [0.29, 0.717) is 25.9 Å². The molecule has 24 heavy (non-hydrogen) atoms. The van der Waals surface area contributed by atoms with Crippen LogP contribution in [0, 0.1) is 5.82 Å². The zero-order valence-electron chi connectivity index (χ0n) is 13.2. The molecule has 6 nitrogen and oxygen atoms in total. The van der Waals surface area contributed by atoms with E-state index in [9.17, 15) is 14.0 Å². The molecule has 2 aromatic rings. The van der Waals surface area contributed by atoms with Gasteiger partial charge in [0, 0.05) is 31.5 Å². The smallest absolute Gasteiger partial charge is 0.256 e. The van der Waals surface area contributed by atoms with Crippen LogP contribution in [0.3, 0.4) is 0 Å². The molecule has 1 N–H and O–H groups in total. The largest absolute Gasteiger partial charge is 0.352 e. The Morgan fingerprint density at radius 1 is 1.21 bits per heavy atom. The number of amides is 2. The third-order valence-corrected chi connectivity index (χ3v) is 4.12. The summed E-state index contributed by atoms with van der Waals surface area (Å²) in [7, 11) is 0. The SMILES string of the molecule is O=C(Cn1cccn1)NC1CCN(C(=O)c2ccccc2F)CC1. The summed E-state index contributed by atoms with van der Waals surface area (Å²) in [5, 5.41) is 6.95. The summed E-state index contributed by atoms with van der Waals surface area (Å²) in [6.45, 7) is 1.18. The molecule has 2 heterocycles. The molecule has 0 aliphatic carbocycles. The number of nitrogens with one attached hydrogen (secondary N) is 1. The second-order valence-electron chi connectivity index (χ2n) is 5.82. The van der Waals surface area contributed by atoms with E-state index in [1.165, 1.54) is 12.1 Å². The molecule has 0 bridgehead atoms. The first kappa shape index (κ1) is 16.2. The van der Waals surface area contributed by atoms with Gasteiger partial charge in [-0.05, 0) is 31.0 Å². The molecule has 1 saturated heterocycles. The quantitative estimate of drug-likeness (QED) is 0.922. The van der Waals surface area contributed by atoms with E-state index in [2.05, 4.69) is 10.4 Å². The average Bonchev–Trinajstić information content (AvgIpc) is 3.08. The maximum absolute atomic E-state index is 13.7. The van der Waals surface area contributed by atoms with Crippen LogP contribution >= 0.6 is 0 Å². The maximum Gasteiger partial charge on any atom is 0.256 e. The number of hydrogen-bond acceptors (Lipinski definition) is 3. The van der Waals surface area contributed by atoms with E-state index in [0.717, 1.165) is 0 Å². The van der Waals surface area contributed by atoms with Crippen molar-refractivity contribution in [2.24, 2.45) is 0 Å². The van der Waals surface area contributed by atoms with Crippen molar-refractivity contribution in [1.29, 1.82) is 0 Å². The van der Waals surface area contributed by atoms with Crippen LogP contribution in [0.25, 0.3) is 0 Å². The van der Waals surface area contributed by atoms with Gasteiger partial charge in [0.15, 0.2) is 0 Å². The van der Waals surface area contributed by atoms with Gasteiger partial charge in [0.25, 0.3) is 5.91 Å². The van der Waals surface area contributed by atoms with Crippen molar-refractivity contribution in [2.75, 3.05) is 13.1 Å². The molecule has 0 radical (unpaired) electrons. The van der Waals surface area contributed by atoms with Gasteiger partial charge in [-0.3, -0.25) is 14.3 Å². The zero-order valence-corrected chi connectivity index (χ0v) is 13.2. The van der Waals surface area contributed by atoms with Crippen molar-refractivity contribution < 1.29 is 14.0 Å². The molecule has 0 spiro atoms. The number of nitrogens with zero attached hydrogens (tertiary/aromatic N) is 3. The second kappa shape index (κ2) is 7.25. The lowest BCUT2D eigenvalue weighted by Crippen LogP contribution is -2.47. The number of rotatable bonds is 4. The standard InChI is InChI=1S/C17H19FN4O2/c18-15-5-2-1-4-14(15)17(24)21-10-6-13(7-11-21)20-16(23)12-22-9-3-8-19-22/h1-5,8-9,13H,6-7,10-12H2,(H,20,23). The molecule has 1 aliphatic rings. The van der Waals surface area contributed by atoms with Gasteiger partial charge in [-0.2, -0.15) is 5.10 Å². The van der Waals surface area contributed by atoms with Crippen LogP contribution in [-0.2, 0) is 11.3 Å². The van der Waals surface area contributed by atoms with Gasteiger partial charge in [-0.1, -0.05) is 12.1 Å². The highest BCUT2D eigenvalue weighted by molar-refractivity contribution is 5.94. The van der Waals surface area contributed by atoms with Gasteiger partial charge in [0.2, 0.25) is 5.91 Å². The lowest BCUT2D eigenvalue weighted by atomic mass is 10.0. The highest BCUT2D eigenvalue weighted by atomic mass is 19.1. The first-order valence-corrected chi connectivity index (χ1v) is 7.94. The molecule has 7 heteroatoms. The van der Waals surface area contributed by atoms with Crippen LogP contribution in [0.1, 0.15) is 23.2 Å². The first-order valence-electron chi connectivity index (χ1n) is 7.94. The third-order valence-electron chi connectivity index (χ3n) is 4.12. The van der Waals surface area contributed by atoms with Gasteiger partial charge in [-0.15, -0.1) is 0 Å². The molecule has 126 valence electrons. The highest BCUT2D eigenvalue weighted by Gasteiger charge is 2.25. The van der Waals surface area contributed by atoms with E-state index < -0.39 is 5.82 Å². The Bertz CT molecular complexity index is 709. The number of hydrogen-bond donors (Lipinski definition) is 1. The van der Waals surface area contributed by atoms with E-state index in [1.807, 2.05) is 0 Å². The average molecular weight is 330 g/mol. The van der Waals surface area contributed by atoms with E-state index in [-0.39, 0.29) is 30.0 Å². The summed E-state index contributed by atoms with van der Waals surface area (Å²) in [4.78, 5) is 25.9. The van der Waals surface area contributed by atoms with Gasteiger partial charge >= 0.3 is 0 Å². The van der Waals surface area contributed by atoms with Crippen LogP contribution in [0.5, 0.6) is 0 Å². The van der Waals surface area contributed by atoms with Crippen molar-refractivity contribution in [1.82, 2.24) is 20.0 Å². The summed E-state index contributed by atoms with van der Waals surface area (Å²) in [6, 6.07) is 7.79. The monoisotopic (exact) mass is 330 g/mol. The fourth-order valence-electron chi connectivity index (χ4n) is 2.85.